The summed E-state index contributed by atoms with van der Waals surface area (Å²) in [5.74, 6) is -4.23. The molecule has 134 valence electrons. The Balaban J connectivity index is 1.95. The summed E-state index contributed by atoms with van der Waals surface area (Å²) < 4.78 is 32.6. The van der Waals surface area contributed by atoms with Crippen molar-refractivity contribution in [2.45, 2.75) is 13.5 Å². The quantitative estimate of drug-likeness (QED) is 0.607. The Morgan fingerprint density at radius 1 is 0.962 bits per heavy atom. The third-order valence-corrected chi connectivity index (χ3v) is 3.82. The molecule has 6 nitrogen and oxygen atoms in total. The van der Waals surface area contributed by atoms with Crippen molar-refractivity contribution in [1.82, 2.24) is 4.90 Å². The molecule has 0 aromatic heterocycles. The molecule has 0 unspecified atom stereocenters. The van der Waals surface area contributed by atoms with Gasteiger partial charge in [-0.25, -0.2) is 18.5 Å². The largest absolute Gasteiger partial charge is 0.492 e. The van der Waals surface area contributed by atoms with Gasteiger partial charge in [-0.05, 0) is 25.1 Å². The molecule has 1 aliphatic rings. The van der Waals surface area contributed by atoms with E-state index < -0.39 is 36.0 Å². The first-order valence-electron chi connectivity index (χ1n) is 7.80. The molecule has 1 aliphatic heterocycles. The number of urea groups is 1. The van der Waals surface area contributed by atoms with Crippen LogP contribution in [0.4, 0.5) is 19.3 Å². The highest BCUT2D eigenvalue weighted by Crippen LogP contribution is 2.32. The number of nitrogens with zero attached hydrogens (tertiary/aromatic N) is 2. The first-order valence-corrected chi connectivity index (χ1v) is 7.80. The van der Waals surface area contributed by atoms with E-state index in [-0.39, 0.29) is 17.0 Å². The molecule has 0 N–H and O–H groups in total. The molecule has 0 atom stereocenters. The van der Waals surface area contributed by atoms with Gasteiger partial charge >= 0.3 is 17.8 Å². The number of halogens is 2. The number of hydrogen-bond donors (Lipinski definition) is 0. The zero-order valence-corrected chi connectivity index (χ0v) is 13.7. The van der Waals surface area contributed by atoms with Gasteiger partial charge in [0.1, 0.15) is 5.75 Å². The fourth-order valence-electron chi connectivity index (χ4n) is 2.62. The number of carbonyl (C=O) groups excluding carboxylic acids is 3. The highest BCUT2D eigenvalue weighted by molar-refractivity contribution is 6.52. The van der Waals surface area contributed by atoms with E-state index in [4.69, 9.17) is 4.74 Å². The number of amides is 4. The monoisotopic (exact) mass is 360 g/mol. The fourth-order valence-corrected chi connectivity index (χ4v) is 2.62. The van der Waals surface area contributed by atoms with Crippen molar-refractivity contribution < 1.29 is 27.9 Å². The number of anilines is 1. The minimum atomic E-state index is -1.17. The molecule has 0 saturated carbocycles. The smallest absolute Gasteiger partial charge is 0.339 e. The van der Waals surface area contributed by atoms with E-state index in [0.717, 1.165) is 6.07 Å². The Labute approximate surface area is 147 Å². The molecule has 0 radical (unpaired) electrons. The van der Waals surface area contributed by atoms with Crippen molar-refractivity contribution in [3.8, 4) is 5.75 Å². The first-order chi connectivity index (χ1) is 12.5. The number of carbonyl (C=O) groups is 3. The number of imide groups is 2. The summed E-state index contributed by atoms with van der Waals surface area (Å²) >= 11 is 0. The van der Waals surface area contributed by atoms with E-state index in [1.54, 1.807) is 25.1 Å². The van der Waals surface area contributed by atoms with Crippen molar-refractivity contribution in [2.75, 3.05) is 11.5 Å². The van der Waals surface area contributed by atoms with Gasteiger partial charge in [0.15, 0.2) is 11.6 Å². The van der Waals surface area contributed by atoms with Crippen LogP contribution in [0, 0.1) is 11.6 Å². The summed E-state index contributed by atoms with van der Waals surface area (Å²) in [6, 6.07) is 8.71. The number of rotatable bonds is 5. The topological polar surface area (TPSA) is 66.9 Å². The van der Waals surface area contributed by atoms with E-state index >= 15 is 0 Å². The SMILES string of the molecule is CCOc1ccccc1N1C(=O)C(=O)N(Cc2cccc(F)c2F)C1=O. The Bertz CT molecular complexity index is 901. The molecule has 0 spiro atoms. The third kappa shape index (κ3) is 2.90. The molecule has 8 heteroatoms. The van der Waals surface area contributed by atoms with Crippen LogP contribution < -0.4 is 9.64 Å². The fraction of sp³-hybridized carbons (Fsp3) is 0.167. The maximum absolute atomic E-state index is 13.8. The second kappa shape index (κ2) is 6.91. The van der Waals surface area contributed by atoms with E-state index in [1.165, 1.54) is 18.2 Å². The molecule has 4 amide bonds. The summed E-state index contributed by atoms with van der Waals surface area (Å²) in [6.07, 6.45) is 0. The molecular weight excluding hydrogens is 346 g/mol. The Morgan fingerprint density at radius 2 is 1.69 bits per heavy atom. The Morgan fingerprint density at radius 3 is 2.42 bits per heavy atom. The van der Waals surface area contributed by atoms with Gasteiger partial charge in [-0.2, -0.15) is 0 Å². The molecule has 3 rings (SSSR count). The van der Waals surface area contributed by atoms with Gasteiger partial charge in [0.05, 0.1) is 18.8 Å². The van der Waals surface area contributed by atoms with Crippen molar-refractivity contribution in [2.24, 2.45) is 0 Å². The molecule has 26 heavy (non-hydrogen) atoms. The van der Waals surface area contributed by atoms with Crippen LogP contribution in [0.2, 0.25) is 0 Å². The van der Waals surface area contributed by atoms with Crippen molar-refractivity contribution >= 4 is 23.5 Å². The van der Waals surface area contributed by atoms with Crippen LogP contribution in [0.1, 0.15) is 12.5 Å². The minimum Gasteiger partial charge on any atom is -0.492 e. The number of para-hydroxylation sites is 2. The average molecular weight is 360 g/mol. The number of hydrogen-bond acceptors (Lipinski definition) is 4. The van der Waals surface area contributed by atoms with Gasteiger partial charge in [0, 0.05) is 5.56 Å². The lowest BCUT2D eigenvalue weighted by Crippen LogP contribution is -2.33. The number of ether oxygens (including phenoxy) is 1. The Kier molecular flexibility index (Phi) is 4.66. The molecule has 1 saturated heterocycles. The Hall–Kier alpha value is -3.29. The predicted octanol–water partition coefficient (Wildman–Crippen LogP) is 2.86. The van der Waals surface area contributed by atoms with E-state index in [1.807, 2.05) is 0 Å². The zero-order valence-electron chi connectivity index (χ0n) is 13.7. The second-order valence-electron chi connectivity index (χ2n) is 5.43. The molecule has 2 aromatic rings. The van der Waals surface area contributed by atoms with E-state index in [9.17, 15) is 23.2 Å². The highest BCUT2D eigenvalue weighted by atomic mass is 19.2. The van der Waals surface area contributed by atoms with Gasteiger partial charge in [0.2, 0.25) is 0 Å². The van der Waals surface area contributed by atoms with Crippen LogP contribution in [-0.2, 0) is 16.1 Å². The highest BCUT2D eigenvalue weighted by Gasteiger charge is 2.46. The van der Waals surface area contributed by atoms with Crippen LogP contribution in [-0.4, -0.2) is 29.4 Å². The van der Waals surface area contributed by atoms with Gasteiger partial charge in [-0.3, -0.25) is 14.5 Å². The van der Waals surface area contributed by atoms with Gasteiger partial charge in [0.25, 0.3) is 0 Å². The van der Waals surface area contributed by atoms with Crippen LogP contribution >= 0.6 is 0 Å². The molecular formula is C18H14F2N2O4. The average Bonchev–Trinajstić information content (AvgIpc) is 2.83. The normalized spacial score (nSPS) is 14.3. The van der Waals surface area contributed by atoms with E-state index in [0.29, 0.717) is 16.4 Å². The number of benzene rings is 2. The van der Waals surface area contributed by atoms with Crippen molar-refractivity contribution in [1.29, 1.82) is 0 Å². The van der Waals surface area contributed by atoms with Crippen LogP contribution in [0.5, 0.6) is 5.75 Å². The maximum Gasteiger partial charge on any atom is 0.339 e. The lowest BCUT2D eigenvalue weighted by atomic mass is 10.2. The predicted molar refractivity (Wildman–Crippen MR) is 87.4 cm³/mol. The molecule has 1 heterocycles. The summed E-state index contributed by atoms with van der Waals surface area (Å²) in [6.45, 7) is 1.47. The maximum atomic E-state index is 13.8. The summed E-state index contributed by atoms with van der Waals surface area (Å²) in [4.78, 5) is 38.4. The minimum absolute atomic E-state index is 0.111. The van der Waals surface area contributed by atoms with Gasteiger partial charge in [-0.1, -0.05) is 24.3 Å². The van der Waals surface area contributed by atoms with Crippen LogP contribution in [0.3, 0.4) is 0 Å². The van der Waals surface area contributed by atoms with Crippen molar-refractivity contribution in [3.63, 3.8) is 0 Å². The first kappa shape index (κ1) is 17.5. The lowest BCUT2D eigenvalue weighted by molar-refractivity contribution is -0.139. The molecule has 0 bridgehead atoms. The van der Waals surface area contributed by atoms with Crippen LogP contribution in [0.15, 0.2) is 42.5 Å². The standard InChI is InChI=1S/C18H14F2N2O4/c1-2-26-14-9-4-3-8-13(14)22-17(24)16(23)21(18(22)25)10-11-6-5-7-12(19)15(11)20/h3-9H,2,10H2,1H3. The van der Waals surface area contributed by atoms with Gasteiger partial charge in [-0.15, -0.1) is 0 Å². The zero-order chi connectivity index (χ0) is 18.8. The molecule has 1 fully saturated rings. The summed E-state index contributed by atoms with van der Waals surface area (Å²) in [7, 11) is 0. The van der Waals surface area contributed by atoms with Crippen molar-refractivity contribution in [3.05, 3.63) is 59.7 Å². The van der Waals surface area contributed by atoms with E-state index in [2.05, 4.69) is 0 Å². The second-order valence-corrected chi connectivity index (χ2v) is 5.43. The third-order valence-electron chi connectivity index (χ3n) is 3.82. The molecule has 0 aliphatic carbocycles. The van der Waals surface area contributed by atoms with Gasteiger partial charge < -0.3 is 4.74 Å². The van der Waals surface area contributed by atoms with Crippen LogP contribution in [0.25, 0.3) is 0 Å². The summed E-state index contributed by atoms with van der Waals surface area (Å²) in [5.41, 5.74) is -0.0978. The summed E-state index contributed by atoms with van der Waals surface area (Å²) in [5, 5.41) is 0. The lowest BCUT2D eigenvalue weighted by Gasteiger charge is -2.18. The molecule has 2 aromatic carbocycles.